The molecule has 1 aromatic rings. The highest BCUT2D eigenvalue weighted by Gasteiger charge is 2.13. The molecule has 0 aromatic heterocycles. The lowest BCUT2D eigenvalue weighted by Crippen LogP contribution is -2.16. The summed E-state index contributed by atoms with van der Waals surface area (Å²) < 4.78 is 10.6. The molecule has 0 fully saturated rings. The summed E-state index contributed by atoms with van der Waals surface area (Å²) in [6.45, 7) is 1.88. The first-order chi connectivity index (χ1) is 8.65. The van der Waals surface area contributed by atoms with E-state index in [1.165, 1.54) is 0 Å². The molecule has 102 valence electrons. The van der Waals surface area contributed by atoms with Crippen molar-refractivity contribution in [3.8, 4) is 5.75 Å². The van der Waals surface area contributed by atoms with Crippen LogP contribution in [0.1, 0.15) is 18.1 Å². The molecule has 0 aliphatic carbocycles. The zero-order valence-electron chi connectivity index (χ0n) is 11.4. The van der Waals surface area contributed by atoms with Crippen LogP contribution in [0, 0.1) is 0 Å². The van der Waals surface area contributed by atoms with Gasteiger partial charge in [0.25, 0.3) is 0 Å². The summed E-state index contributed by atoms with van der Waals surface area (Å²) in [5.41, 5.74) is 0.843. The van der Waals surface area contributed by atoms with Crippen LogP contribution in [-0.2, 0) is 4.74 Å². The van der Waals surface area contributed by atoms with E-state index in [0.29, 0.717) is 19.6 Å². The number of nitrogens with zero attached hydrogens (tertiary/aromatic N) is 1. The van der Waals surface area contributed by atoms with Gasteiger partial charge >= 0.3 is 0 Å². The van der Waals surface area contributed by atoms with E-state index >= 15 is 0 Å². The van der Waals surface area contributed by atoms with Crippen LogP contribution < -0.4 is 4.74 Å². The maximum Gasteiger partial charge on any atom is 0.125 e. The van der Waals surface area contributed by atoms with Crippen LogP contribution in [-0.4, -0.2) is 51.0 Å². The molecule has 0 bridgehead atoms. The van der Waals surface area contributed by atoms with Gasteiger partial charge in [0.15, 0.2) is 0 Å². The second kappa shape index (κ2) is 8.08. The number of hydrogen-bond acceptors (Lipinski definition) is 4. The molecule has 1 aromatic carbocycles. The number of ether oxygens (including phenoxy) is 2. The van der Waals surface area contributed by atoms with Gasteiger partial charge in [0.2, 0.25) is 0 Å². The van der Waals surface area contributed by atoms with Gasteiger partial charge in [-0.1, -0.05) is 18.2 Å². The van der Waals surface area contributed by atoms with Gasteiger partial charge in [0.1, 0.15) is 12.4 Å². The van der Waals surface area contributed by atoms with Crippen LogP contribution in [0.5, 0.6) is 5.75 Å². The number of para-hydroxylation sites is 1. The average Bonchev–Trinajstić information content (AvgIpc) is 2.37. The van der Waals surface area contributed by atoms with Crippen molar-refractivity contribution in [1.82, 2.24) is 4.90 Å². The second-order valence-corrected chi connectivity index (χ2v) is 4.49. The van der Waals surface area contributed by atoms with Crippen molar-refractivity contribution in [3.05, 3.63) is 29.8 Å². The fourth-order valence-electron chi connectivity index (χ4n) is 1.66. The molecule has 1 rings (SSSR count). The summed E-state index contributed by atoms with van der Waals surface area (Å²) in [4.78, 5) is 2.05. The molecule has 0 amide bonds. The molecule has 18 heavy (non-hydrogen) atoms. The van der Waals surface area contributed by atoms with Crippen LogP contribution in [0.2, 0.25) is 0 Å². The van der Waals surface area contributed by atoms with Crippen LogP contribution >= 0.6 is 0 Å². The Morgan fingerprint density at radius 1 is 1.22 bits per heavy atom. The molecule has 1 N–H and O–H groups in total. The average molecular weight is 253 g/mol. The standard InChI is InChI=1S/C14H23NO3/c1-15(2)9-8-13(16)12-6-4-5-7-14(12)18-11-10-17-3/h4-7,13,16H,8-11H2,1-3H3. The van der Waals surface area contributed by atoms with Crippen molar-refractivity contribution in [1.29, 1.82) is 0 Å². The minimum Gasteiger partial charge on any atom is -0.491 e. The maximum absolute atomic E-state index is 10.2. The molecule has 4 nitrogen and oxygen atoms in total. The largest absolute Gasteiger partial charge is 0.491 e. The minimum absolute atomic E-state index is 0.494. The molecular formula is C14H23NO3. The van der Waals surface area contributed by atoms with E-state index < -0.39 is 6.10 Å². The SMILES string of the molecule is COCCOc1ccccc1C(O)CCN(C)C. The molecule has 0 heterocycles. The van der Waals surface area contributed by atoms with Crippen LogP contribution in [0.4, 0.5) is 0 Å². The third-order valence-corrected chi connectivity index (χ3v) is 2.67. The summed E-state index contributed by atoms with van der Waals surface area (Å²) in [6.07, 6.45) is 0.198. The van der Waals surface area contributed by atoms with E-state index in [2.05, 4.69) is 4.90 Å². The van der Waals surface area contributed by atoms with Crippen molar-refractivity contribution >= 4 is 0 Å². The number of hydrogen-bond donors (Lipinski definition) is 1. The molecule has 4 heteroatoms. The fraction of sp³-hybridized carbons (Fsp3) is 0.571. The normalized spacial score (nSPS) is 12.7. The molecule has 0 saturated heterocycles. The molecule has 0 aliphatic rings. The number of benzene rings is 1. The van der Waals surface area contributed by atoms with Crippen molar-refractivity contribution in [2.45, 2.75) is 12.5 Å². The van der Waals surface area contributed by atoms with Crippen LogP contribution in [0.3, 0.4) is 0 Å². The van der Waals surface area contributed by atoms with E-state index in [0.717, 1.165) is 17.9 Å². The first-order valence-electron chi connectivity index (χ1n) is 6.18. The fourth-order valence-corrected chi connectivity index (χ4v) is 1.66. The van der Waals surface area contributed by atoms with Crippen LogP contribution in [0.25, 0.3) is 0 Å². The number of aliphatic hydroxyl groups is 1. The van der Waals surface area contributed by atoms with Crippen molar-refractivity contribution < 1.29 is 14.6 Å². The van der Waals surface area contributed by atoms with E-state index in [-0.39, 0.29) is 0 Å². The summed E-state index contributed by atoms with van der Waals surface area (Å²) in [6, 6.07) is 7.61. The molecular weight excluding hydrogens is 230 g/mol. The minimum atomic E-state index is -0.494. The molecule has 0 aliphatic heterocycles. The summed E-state index contributed by atoms with van der Waals surface area (Å²) in [5.74, 6) is 0.737. The Hall–Kier alpha value is -1.10. The predicted molar refractivity (Wildman–Crippen MR) is 71.9 cm³/mol. The monoisotopic (exact) mass is 253 g/mol. The number of aliphatic hydroxyl groups excluding tert-OH is 1. The highest BCUT2D eigenvalue weighted by Crippen LogP contribution is 2.27. The second-order valence-electron chi connectivity index (χ2n) is 4.49. The molecule has 0 spiro atoms. The molecule has 1 atom stereocenters. The first-order valence-corrected chi connectivity index (χ1v) is 6.18. The van der Waals surface area contributed by atoms with Gasteiger partial charge in [-0.15, -0.1) is 0 Å². The van der Waals surface area contributed by atoms with E-state index in [9.17, 15) is 5.11 Å². The van der Waals surface area contributed by atoms with E-state index in [1.54, 1.807) is 7.11 Å². The highest BCUT2D eigenvalue weighted by atomic mass is 16.5. The van der Waals surface area contributed by atoms with Crippen molar-refractivity contribution in [2.24, 2.45) is 0 Å². The lowest BCUT2D eigenvalue weighted by atomic mass is 10.1. The maximum atomic E-state index is 10.2. The Morgan fingerprint density at radius 2 is 1.94 bits per heavy atom. The van der Waals surface area contributed by atoms with Gasteiger partial charge in [-0.25, -0.2) is 0 Å². The van der Waals surface area contributed by atoms with Gasteiger partial charge in [0, 0.05) is 19.2 Å². The van der Waals surface area contributed by atoms with E-state index in [4.69, 9.17) is 9.47 Å². The Kier molecular flexibility index (Phi) is 6.72. The van der Waals surface area contributed by atoms with Crippen LogP contribution in [0.15, 0.2) is 24.3 Å². The number of methoxy groups -OCH3 is 1. The van der Waals surface area contributed by atoms with Crippen molar-refractivity contribution in [3.63, 3.8) is 0 Å². The summed E-state index contributed by atoms with van der Waals surface area (Å²) in [5, 5.41) is 10.2. The third-order valence-electron chi connectivity index (χ3n) is 2.67. The van der Waals surface area contributed by atoms with E-state index in [1.807, 2.05) is 38.4 Å². The Balaban J connectivity index is 2.62. The highest BCUT2D eigenvalue weighted by molar-refractivity contribution is 5.35. The lowest BCUT2D eigenvalue weighted by molar-refractivity contribution is 0.132. The summed E-state index contributed by atoms with van der Waals surface area (Å²) in [7, 11) is 5.63. The zero-order chi connectivity index (χ0) is 13.4. The lowest BCUT2D eigenvalue weighted by Gasteiger charge is -2.18. The zero-order valence-corrected chi connectivity index (χ0v) is 11.4. The quantitative estimate of drug-likeness (QED) is 0.716. The van der Waals surface area contributed by atoms with Gasteiger partial charge in [-0.2, -0.15) is 0 Å². The molecule has 0 radical (unpaired) electrons. The third kappa shape index (κ3) is 5.04. The Morgan fingerprint density at radius 3 is 2.61 bits per heavy atom. The van der Waals surface area contributed by atoms with Gasteiger partial charge in [-0.3, -0.25) is 0 Å². The number of rotatable bonds is 8. The summed E-state index contributed by atoms with van der Waals surface area (Å²) >= 11 is 0. The smallest absolute Gasteiger partial charge is 0.125 e. The van der Waals surface area contributed by atoms with Gasteiger partial charge < -0.3 is 19.5 Å². The topological polar surface area (TPSA) is 41.9 Å². The molecule has 1 unspecified atom stereocenters. The predicted octanol–water partition coefficient (Wildman–Crippen LogP) is 1.70. The first kappa shape index (κ1) is 15.0. The Bertz CT molecular complexity index is 342. The van der Waals surface area contributed by atoms with Crippen molar-refractivity contribution in [2.75, 3.05) is 41.0 Å². The van der Waals surface area contributed by atoms with Gasteiger partial charge in [-0.05, 0) is 26.6 Å². The van der Waals surface area contributed by atoms with Gasteiger partial charge in [0.05, 0.1) is 12.7 Å². The Labute approximate surface area is 109 Å². The molecule has 0 saturated carbocycles.